The van der Waals surface area contributed by atoms with Gasteiger partial charge in [0.05, 0.1) is 34.0 Å². The van der Waals surface area contributed by atoms with Crippen molar-refractivity contribution in [3.63, 3.8) is 0 Å². The lowest BCUT2D eigenvalue weighted by Crippen LogP contribution is -2.51. The lowest BCUT2D eigenvalue weighted by Gasteiger charge is -2.39. The average Bonchev–Trinajstić information content (AvgIpc) is 2.47. The highest BCUT2D eigenvalue weighted by molar-refractivity contribution is 7.91. The molecule has 1 fully saturated rings. The number of benzene rings is 1. The van der Waals surface area contributed by atoms with Gasteiger partial charge in [-0.3, -0.25) is 4.21 Å². The number of carbonyl (C=O) groups is 1. The van der Waals surface area contributed by atoms with Crippen molar-refractivity contribution in [3.05, 3.63) is 23.8 Å². The summed E-state index contributed by atoms with van der Waals surface area (Å²) in [6.07, 6.45) is -5.07. The van der Waals surface area contributed by atoms with Gasteiger partial charge >= 0.3 is 12.3 Å². The third-order valence-electron chi connectivity index (χ3n) is 3.36. The van der Waals surface area contributed by atoms with Crippen molar-refractivity contribution in [2.75, 3.05) is 29.0 Å². The molecule has 0 saturated carbocycles. The summed E-state index contributed by atoms with van der Waals surface area (Å²) in [5, 5.41) is 10.2. The fourth-order valence-electron chi connectivity index (χ4n) is 2.26. The fourth-order valence-corrected chi connectivity index (χ4v) is 4.10. The number of hydrazine groups is 1. The SMILES string of the molecule is O=C(O)c1ccc(OC(F)(F)F)cc1N(N1CCS(=O)(=O)CC1)S(=O)[O-]. The van der Waals surface area contributed by atoms with Crippen LogP contribution in [0.25, 0.3) is 0 Å². The fraction of sp³-hybridized carbons (Fsp3) is 0.417. The molecule has 0 bridgehead atoms. The van der Waals surface area contributed by atoms with Gasteiger partial charge in [0.1, 0.15) is 5.75 Å². The van der Waals surface area contributed by atoms with E-state index >= 15 is 0 Å². The Morgan fingerprint density at radius 2 is 1.88 bits per heavy atom. The second-order valence-corrected chi connectivity index (χ2v) is 8.21. The van der Waals surface area contributed by atoms with E-state index in [9.17, 15) is 40.3 Å². The molecule has 1 aromatic carbocycles. The van der Waals surface area contributed by atoms with Crippen LogP contribution in [-0.2, 0) is 21.1 Å². The van der Waals surface area contributed by atoms with Crippen LogP contribution in [0.3, 0.4) is 0 Å². The van der Waals surface area contributed by atoms with Gasteiger partial charge in [-0.2, -0.15) is 0 Å². The Kier molecular flexibility index (Phi) is 5.79. The molecule has 1 atom stereocenters. The van der Waals surface area contributed by atoms with Crippen molar-refractivity contribution in [1.82, 2.24) is 5.01 Å². The van der Waals surface area contributed by atoms with E-state index in [1.165, 1.54) is 0 Å². The van der Waals surface area contributed by atoms with Gasteiger partial charge in [-0.25, -0.2) is 22.6 Å². The zero-order chi connectivity index (χ0) is 19.7. The zero-order valence-electron chi connectivity index (χ0n) is 12.8. The summed E-state index contributed by atoms with van der Waals surface area (Å²) in [6.45, 7) is -0.556. The van der Waals surface area contributed by atoms with E-state index in [-0.39, 0.29) is 24.6 Å². The molecule has 1 unspecified atom stereocenters. The van der Waals surface area contributed by atoms with Gasteiger partial charge in [0.2, 0.25) is 0 Å². The quantitative estimate of drug-likeness (QED) is 0.688. The number of nitrogens with zero attached hydrogens (tertiary/aromatic N) is 2. The first-order valence-electron chi connectivity index (χ1n) is 6.87. The number of carboxylic acid groups (broad SMARTS) is 1. The number of aromatic carboxylic acids is 1. The Bertz CT molecular complexity index is 815. The lowest BCUT2D eigenvalue weighted by molar-refractivity contribution is -0.274. The predicted octanol–water partition coefficient (Wildman–Crippen LogP) is 0.529. The van der Waals surface area contributed by atoms with Gasteiger partial charge in [-0.15, -0.1) is 13.2 Å². The van der Waals surface area contributed by atoms with Gasteiger partial charge in [-0.1, -0.05) is 0 Å². The maximum absolute atomic E-state index is 12.4. The first-order chi connectivity index (χ1) is 11.9. The summed E-state index contributed by atoms with van der Waals surface area (Å²) < 4.78 is 87.4. The molecule has 1 heterocycles. The third kappa shape index (κ3) is 5.06. The average molecular weight is 417 g/mol. The highest BCUT2D eigenvalue weighted by Crippen LogP contribution is 2.32. The molecule has 0 aliphatic carbocycles. The number of ether oxygens (including phenoxy) is 1. The Labute approximate surface area is 148 Å². The summed E-state index contributed by atoms with van der Waals surface area (Å²) in [5.41, 5.74) is -1.20. The summed E-state index contributed by atoms with van der Waals surface area (Å²) in [7, 11) is -3.37. The van der Waals surface area contributed by atoms with Gasteiger partial charge < -0.3 is 14.4 Å². The van der Waals surface area contributed by atoms with Gasteiger partial charge in [0.25, 0.3) is 0 Å². The summed E-state index contributed by atoms with van der Waals surface area (Å²) in [4.78, 5) is 11.3. The standard InChI is InChI=1S/C12H13F3N2O7S2/c13-12(14,15)24-8-1-2-9(11(18)19)10(7-8)17(25(20)21)16-3-5-26(22,23)6-4-16/h1-2,7H,3-6H2,(H,18,19)(H,20,21)/p-1. The molecule has 0 spiro atoms. The van der Waals surface area contributed by atoms with Crippen LogP contribution < -0.4 is 9.15 Å². The van der Waals surface area contributed by atoms with E-state index in [4.69, 9.17) is 0 Å². The molecule has 1 aliphatic heterocycles. The van der Waals surface area contributed by atoms with Crippen LogP contribution in [0.4, 0.5) is 18.9 Å². The normalized spacial score (nSPS) is 18.9. The van der Waals surface area contributed by atoms with Gasteiger partial charge in [0, 0.05) is 19.2 Å². The summed E-state index contributed by atoms with van der Waals surface area (Å²) >= 11 is -3.12. The second kappa shape index (κ2) is 7.38. The van der Waals surface area contributed by atoms with Crippen LogP contribution in [0.1, 0.15) is 10.4 Å². The topological polar surface area (TPSA) is 127 Å². The van der Waals surface area contributed by atoms with Gasteiger partial charge in [0.15, 0.2) is 9.84 Å². The van der Waals surface area contributed by atoms with E-state index in [0.29, 0.717) is 10.5 Å². The zero-order valence-corrected chi connectivity index (χ0v) is 14.4. The first kappa shape index (κ1) is 20.4. The molecule has 1 aliphatic rings. The van der Waals surface area contributed by atoms with E-state index < -0.39 is 50.4 Å². The molecule has 0 amide bonds. The molecule has 146 valence electrons. The molecule has 0 radical (unpaired) electrons. The molecule has 2 rings (SSSR count). The lowest BCUT2D eigenvalue weighted by atomic mass is 10.1. The highest BCUT2D eigenvalue weighted by atomic mass is 32.2. The number of rotatable bonds is 5. The third-order valence-corrected chi connectivity index (χ3v) is 5.68. The molecular weight excluding hydrogens is 405 g/mol. The maximum atomic E-state index is 12.4. The Balaban J connectivity index is 2.47. The number of sulfone groups is 1. The summed E-state index contributed by atoms with van der Waals surface area (Å²) in [6, 6.07) is 2.10. The smallest absolute Gasteiger partial charge is 0.573 e. The van der Waals surface area contributed by atoms with Gasteiger partial charge in [-0.05, 0) is 12.1 Å². The Morgan fingerprint density at radius 1 is 1.31 bits per heavy atom. The monoisotopic (exact) mass is 417 g/mol. The van der Waals surface area contributed by atoms with E-state index in [1.807, 2.05) is 0 Å². The molecule has 26 heavy (non-hydrogen) atoms. The number of carboxylic acids is 1. The molecule has 0 aromatic heterocycles. The number of anilines is 1. The molecule has 14 heteroatoms. The maximum Gasteiger partial charge on any atom is 0.573 e. The number of halogens is 3. The van der Waals surface area contributed by atoms with Crippen molar-refractivity contribution < 1.29 is 45.0 Å². The number of hydrogen-bond acceptors (Lipinski definition) is 7. The number of alkyl halides is 3. The van der Waals surface area contributed by atoms with Crippen molar-refractivity contribution in [1.29, 1.82) is 0 Å². The van der Waals surface area contributed by atoms with Crippen molar-refractivity contribution in [3.8, 4) is 5.75 Å². The minimum absolute atomic E-state index is 0.278. The highest BCUT2D eigenvalue weighted by Gasteiger charge is 2.33. The minimum Gasteiger partial charge on any atom is -0.754 e. The molecule has 9 nitrogen and oxygen atoms in total. The van der Waals surface area contributed by atoms with E-state index in [0.717, 1.165) is 17.1 Å². The van der Waals surface area contributed by atoms with E-state index in [1.54, 1.807) is 0 Å². The molecule has 1 saturated heterocycles. The van der Waals surface area contributed by atoms with Crippen LogP contribution in [0, 0.1) is 0 Å². The van der Waals surface area contributed by atoms with Crippen LogP contribution in [-0.4, -0.2) is 64.2 Å². The molecular formula is C12H12F3N2O7S2-. The van der Waals surface area contributed by atoms with Crippen LogP contribution in [0.2, 0.25) is 0 Å². The molecule has 1 aromatic rings. The Morgan fingerprint density at radius 3 is 2.35 bits per heavy atom. The predicted molar refractivity (Wildman–Crippen MR) is 81.7 cm³/mol. The van der Waals surface area contributed by atoms with Crippen LogP contribution >= 0.6 is 0 Å². The minimum atomic E-state index is -5.07. The van der Waals surface area contributed by atoms with Crippen molar-refractivity contribution in [2.45, 2.75) is 6.36 Å². The largest absolute Gasteiger partial charge is 0.754 e. The number of hydrogen-bond donors (Lipinski definition) is 1. The van der Waals surface area contributed by atoms with Crippen molar-refractivity contribution >= 4 is 32.8 Å². The van der Waals surface area contributed by atoms with Crippen LogP contribution in [0.5, 0.6) is 5.75 Å². The second-order valence-electron chi connectivity index (χ2n) is 5.13. The van der Waals surface area contributed by atoms with Crippen molar-refractivity contribution in [2.24, 2.45) is 0 Å². The molecule has 1 N–H and O–H groups in total. The summed E-state index contributed by atoms with van der Waals surface area (Å²) in [5.74, 6) is -3.18. The van der Waals surface area contributed by atoms with Crippen LogP contribution in [0.15, 0.2) is 18.2 Å². The van der Waals surface area contributed by atoms with E-state index in [2.05, 4.69) is 4.74 Å². The Hall–Kier alpha value is -1.90. The first-order valence-corrected chi connectivity index (χ1v) is 9.73.